The molecule has 4 heterocycles. The second-order valence-corrected chi connectivity index (χ2v) is 9.18. The molecule has 0 aliphatic carbocycles. The smallest absolute Gasteiger partial charge is 0.272 e. The highest BCUT2D eigenvalue weighted by molar-refractivity contribution is 7.93. The summed E-state index contributed by atoms with van der Waals surface area (Å²) in [5.74, 6) is 0.229. The molecule has 2 aromatic rings. The molecule has 26 heavy (non-hydrogen) atoms. The molecule has 4 rings (SSSR count). The van der Waals surface area contributed by atoms with Crippen LogP contribution < -0.4 is 4.74 Å². The van der Waals surface area contributed by atoms with Crippen LogP contribution in [0.5, 0.6) is 5.88 Å². The van der Waals surface area contributed by atoms with E-state index in [2.05, 4.69) is 9.97 Å². The highest BCUT2D eigenvalue weighted by atomic mass is 32.2. The van der Waals surface area contributed by atoms with Crippen LogP contribution in [0, 0.1) is 5.92 Å². The van der Waals surface area contributed by atoms with Gasteiger partial charge in [0.25, 0.3) is 5.91 Å². The zero-order valence-corrected chi connectivity index (χ0v) is 14.9. The van der Waals surface area contributed by atoms with Gasteiger partial charge in [0.05, 0.1) is 12.4 Å². The first kappa shape index (κ1) is 17.0. The summed E-state index contributed by atoms with van der Waals surface area (Å²) in [6.45, 7) is 0.670. The van der Waals surface area contributed by atoms with Crippen molar-refractivity contribution in [2.75, 3.05) is 25.4 Å². The van der Waals surface area contributed by atoms with Gasteiger partial charge >= 0.3 is 0 Å². The number of rotatable bonds is 4. The Morgan fingerprint density at radius 3 is 2.54 bits per heavy atom. The fourth-order valence-corrected chi connectivity index (χ4v) is 6.12. The molecule has 2 aliphatic rings. The second kappa shape index (κ2) is 6.35. The van der Waals surface area contributed by atoms with Crippen molar-refractivity contribution in [3.05, 3.63) is 54.5 Å². The van der Waals surface area contributed by atoms with E-state index in [1.54, 1.807) is 47.6 Å². The summed E-state index contributed by atoms with van der Waals surface area (Å²) >= 11 is 0. The first-order chi connectivity index (χ1) is 12.5. The predicted molar refractivity (Wildman–Crippen MR) is 94.5 cm³/mol. The molecule has 2 saturated heterocycles. The van der Waals surface area contributed by atoms with Crippen molar-refractivity contribution in [1.82, 2.24) is 14.9 Å². The predicted octanol–water partition coefficient (Wildman–Crippen LogP) is 1.18. The van der Waals surface area contributed by atoms with E-state index in [1.165, 1.54) is 0 Å². The molecule has 2 fully saturated rings. The van der Waals surface area contributed by atoms with Crippen LogP contribution in [-0.2, 0) is 9.84 Å². The summed E-state index contributed by atoms with van der Waals surface area (Å²) in [5, 5.41) is 0. The monoisotopic (exact) mass is 373 g/mol. The first-order valence-electron chi connectivity index (χ1n) is 8.48. The molecule has 0 radical (unpaired) electrons. The first-order valence-corrected chi connectivity index (χ1v) is 10.1. The lowest BCUT2D eigenvalue weighted by Crippen LogP contribution is -2.69. The van der Waals surface area contributed by atoms with E-state index < -0.39 is 14.6 Å². The molecule has 0 aromatic carbocycles. The third-order valence-corrected chi connectivity index (χ3v) is 7.86. The minimum Gasteiger partial charge on any atom is -0.477 e. The molecule has 7 nitrogen and oxygen atoms in total. The third kappa shape index (κ3) is 2.74. The molecule has 0 saturated carbocycles. The van der Waals surface area contributed by atoms with Gasteiger partial charge in [-0.3, -0.25) is 9.78 Å². The van der Waals surface area contributed by atoms with Crippen molar-refractivity contribution in [1.29, 1.82) is 0 Å². The van der Waals surface area contributed by atoms with E-state index in [4.69, 9.17) is 4.74 Å². The Morgan fingerprint density at radius 1 is 1.15 bits per heavy atom. The lowest BCUT2D eigenvalue weighted by atomic mass is 9.83. The van der Waals surface area contributed by atoms with Gasteiger partial charge in [-0.05, 0) is 24.6 Å². The van der Waals surface area contributed by atoms with Crippen LogP contribution in [0.2, 0.25) is 0 Å². The van der Waals surface area contributed by atoms with E-state index in [9.17, 15) is 13.2 Å². The number of likely N-dealkylation sites (tertiary alicyclic amines) is 1. The molecule has 2 aliphatic heterocycles. The Morgan fingerprint density at radius 2 is 1.88 bits per heavy atom. The number of hydrogen-bond donors (Lipinski definition) is 0. The van der Waals surface area contributed by atoms with E-state index in [-0.39, 0.29) is 37.3 Å². The molecule has 136 valence electrons. The van der Waals surface area contributed by atoms with E-state index in [0.717, 1.165) is 0 Å². The highest BCUT2D eigenvalue weighted by Crippen LogP contribution is 2.45. The van der Waals surface area contributed by atoms with Gasteiger partial charge in [-0.2, -0.15) is 0 Å². The van der Waals surface area contributed by atoms with Crippen LogP contribution >= 0.6 is 0 Å². The lowest BCUT2D eigenvalue weighted by Gasteiger charge is -2.49. The van der Waals surface area contributed by atoms with Crippen LogP contribution in [0.15, 0.2) is 48.8 Å². The van der Waals surface area contributed by atoms with Gasteiger partial charge in [0.1, 0.15) is 10.4 Å². The number of amides is 1. The second-order valence-electron chi connectivity index (χ2n) is 6.72. The fraction of sp³-hybridized carbons (Fsp3) is 0.389. The quantitative estimate of drug-likeness (QED) is 0.800. The fourth-order valence-electron chi connectivity index (χ4n) is 3.72. The van der Waals surface area contributed by atoms with Crippen molar-refractivity contribution in [2.45, 2.75) is 11.2 Å². The summed E-state index contributed by atoms with van der Waals surface area (Å²) < 4.78 is 30.1. The summed E-state index contributed by atoms with van der Waals surface area (Å²) in [6, 6.07) is 10.5. The number of pyridine rings is 2. The Balaban J connectivity index is 1.47. The van der Waals surface area contributed by atoms with Crippen molar-refractivity contribution < 1.29 is 17.9 Å². The van der Waals surface area contributed by atoms with Gasteiger partial charge < -0.3 is 9.64 Å². The van der Waals surface area contributed by atoms with E-state index in [0.29, 0.717) is 18.0 Å². The zero-order valence-electron chi connectivity index (χ0n) is 14.1. The maximum absolute atomic E-state index is 12.7. The van der Waals surface area contributed by atoms with Gasteiger partial charge in [-0.25, -0.2) is 13.4 Å². The minimum atomic E-state index is -3.27. The topological polar surface area (TPSA) is 89.5 Å². The highest BCUT2D eigenvalue weighted by Gasteiger charge is 2.62. The number of hydrogen-bond acceptors (Lipinski definition) is 6. The Bertz CT molecular complexity index is 897. The molecule has 0 N–H and O–H groups in total. The summed E-state index contributed by atoms with van der Waals surface area (Å²) in [6.07, 6.45) is 3.73. The number of nitrogens with zero attached hydrogens (tertiary/aromatic N) is 3. The van der Waals surface area contributed by atoms with Gasteiger partial charge in [-0.15, -0.1) is 0 Å². The lowest BCUT2D eigenvalue weighted by molar-refractivity contribution is 0.0401. The average molecular weight is 373 g/mol. The van der Waals surface area contributed by atoms with Crippen LogP contribution in [0.4, 0.5) is 0 Å². The van der Waals surface area contributed by atoms with Crippen LogP contribution in [0.3, 0.4) is 0 Å². The zero-order chi connectivity index (χ0) is 18.2. The number of ether oxygens (including phenoxy) is 1. The van der Waals surface area contributed by atoms with Gasteiger partial charge in [0.15, 0.2) is 9.84 Å². The van der Waals surface area contributed by atoms with Crippen LogP contribution in [0.1, 0.15) is 16.9 Å². The van der Waals surface area contributed by atoms with Crippen molar-refractivity contribution in [3.63, 3.8) is 0 Å². The maximum atomic E-state index is 12.7. The van der Waals surface area contributed by atoms with Crippen molar-refractivity contribution in [3.8, 4) is 5.88 Å². The molecular formula is C18H19N3O4S. The molecule has 8 heteroatoms. The molecule has 0 unspecified atom stereocenters. The van der Waals surface area contributed by atoms with E-state index in [1.807, 2.05) is 6.07 Å². The molecular weight excluding hydrogens is 354 g/mol. The summed E-state index contributed by atoms with van der Waals surface area (Å²) in [5.41, 5.74) is 0.332. The Labute approximate surface area is 151 Å². The molecule has 0 bridgehead atoms. The number of sulfone groups is 1. The average Bonchev–Trinajstić information content (AvgIpc) is 2.90. The van der Waals surface area contributed by atoms with Gasteiger partial charge in [0.2, 0.25) is 5.88 Å². The summed E-state index contributed by atoms with van der Waals surface area (Å²) in [4.78, 5) is 22.2. The van der Waals surface area contributed by atoms with Crippen molar-refractivity contribution >= 4 is 15.7 Å². The summed E-state index contributed by atoms with van der Waals surface area (Å²) in [7, 11) is -3.27. The number of carbonyl (C=O) groups is 1. The maximum Gasteiger partial charge on any atom is 0.272 e. The van der Waals surface area contributed by atoms with Gasteiger partial charge in [-0.1, -0.05) is 12.1 Å². The van der Waals surface area contributed by atoms with Crippen molar-refractivity contribution in [2.24, 2.45) is 5.92 Å². The van der Waals surface area contributed by atoms with Crippen LogP contribution in [-0.4, -0.2) is 59.4 Å². The van der Waals surface area contributed by atoms with Crippen LogP contribution in [0.25, 0.3) is 0 Å². The van der Waals surface area contributed by atoms with E-state index >= 15 is 0 Å². The normalized spacial score (nSPS) is 22.8. The Kier molecular flexibility index (Phi) is 4.14. The third-order valence-electron chi connectivity index (χ3n) is 5.26. The number of aromatic nitrogens is 2. The minimum absolute atomic E-state index is 0.134. The SMILES string of the molecule is O=C(c1ccccn1)N1CC2(C1)[C@H](COc1ccccn1)CCS2(=O)=O. The largest absolute Gasteiger partial charge is 0.477 e. The Hall–Kier alpha value is -2.48. The standard InChI is InChI=1S/C18H19N3O4S/c22-17(15-5-1-3-8-19-15)21-12-18(13-21)14(7-10-26(18,23)24)11-25-16-6-2-4-9-20-16/h1-6,8-9,14H,7,10-13H2/t14-/m0/s1. The molecule has 1 amide bonds. The molecule has 2 aromatic heterocycles. The molecule has 1 atom stereocenters. The van der Waals surface area contributed by atoms with Gasteiger partial charge in [0, 0.05) is 37.5 Å². The number of carbonyl (C=O) groups excluding carboxylic acids is 1. The molecule has 1 spiro atoms.